The molecule has 9 nitrogen and oxygen atoms in total. The molecule has 0 aromatic heterocycles. The van der Waals surface area contributed by atoms with Crippen LogP contribution in [0.4, 0.5) is 8.78 Å². The van der Waals surface area contributed by atoms with Gasteiger partial charge in [0, 0.05) is 50.4 Å². The number of hydrazine groups is 1. The quantitative estimate of drug-likeness (QED) is 0.159. The minimum Gasteiger partial charge on any atom is -0.390 e. The highest BCUT2D eigenvalue weighted by Crippen LogP contribution is 2.36. The SMILES string of the molecule is CC#CC1CC(C(=O)NC(CC2CC(F)CC(F)C2)C(O)CN(CC)NS(=O)(=O)CC(C)C)CC(C(=O)N(CCC)CCC)C1. The van der Waals surface area contributed by atoms with E-state index in [4.69, 9.17) is 0 Å². The maximum Gasteiger partial charge on any atom is 0.225 e. The highest BCUT2D eigenvalue weighted by molar-refractivity contribution is 7.89. The largest absolute Gasteiger partial charge is 0.390 e. The van der Waals surface area contributed by atoms with E-state index in [9.17, 15) is 31.9 Å². The summed E-state index contributed by atoms with van der Waals surface area (Å²) in [6.45, 7) is 12.6. The van der Waals surface area contributed by atoms with Crippen molar-refractivity contribution in [3.05, 3.63) is 0 Å². The molecule has 0 aromatic carbocycles. The number of alkyl halides is 2. The Balaban J connectivity index is 2.28. The zero-order chi connectivity index (χ0) is 33.7. The number of carbonyl (C=O) groups excluding carboxylic acids is 2. The van der Waals surface area contributed by atoms with Gasteiger partial charge in [-0.2, -0.15) is 0 Å². The number of carbonyl (C=O) groups is 2. The van der Waals surface area contributed by atoms with Crippen LogP contribution >= 0.6 is 0 Å². The number of nitrogens with zero attached hydrogens (tertiary/aromatic N) is 2. The third-order valence-electron chi connectivity index (χ3n) is 8.75. The molecular formula is C33H58F2N4O5S. The van der Waals surface area contributed by atoms with E-state index < -0.39 is 46.3 Å². The van der Waals surface area contributed by atoms with Crippen LogP contribution in [-0.4, -0.2) is 91.7 Å². The third kappa shape index (κ3) is 13.4. The van der Waals surface area contributed by atoms with Gasteiger partial charge in [-0.25, -0.2) is 22.2 Å². The van der Waals surface area contributed by atoms with Crippen molar-refractivity contribution in [2.75, 3.05) is 31.9 Å². The molecule has 2 aliphatic rings. The lowest BCUT2D eigenvalue weighted by molar-refractivity contribution is -0.139. The maximum atomic E-state index is 14.3. The number of hydrogen-bond acceptors (Lipinski definition) is 6. The van der Waals surface area contributed by atoms with Crippen molar-refractivity contribution in [1.82, 2.24) is 20.1 Å². The fraction of sp³-hybridized carbons (Fsp3) is 0.879. The molecular weight excluding hydrogens is 602 g/mol. The zero-order valence-corrected chi connectivity index (χ0v) is 29.1. The highest BCUT2D eigenvalue weighted by atomic mass is 32.2. The third-order valence-corrected chi connectivity index (χ3v) is 10.4. The maximum absolute atomic E-state index is 14.3. The van der Waals surface area contributed by atoms with Crippen LogP contribution in [0, 0.1) is 41.4 Å². The molecule has 0 radical (unpaired) electrons. The second-order valence-corrected chi connectivity index (χ2v) is 15.3. The van der Waals surface area contributed by atoms with Crippen LogP contribution in [0.15, 0.2) is 0 Å². The van der Waals surface area contributed by atoms with E-state index in [1.807, 2.05) is 18.7 Å². The van der Waals surface area contributed by atoms with E-state index in [0.717, 1.165) is 12.8 Å². The smallest absolute Gasteiger partial charge is 0.225 e. The van der Waals surface area contributed by atoms with Crippen molar-refractivity contribution >= 4 is 21.8 Å². The Labute approximate surface area is 270 Å². The van der Waals surface area contributed by atoms with Gasteiger partial charge in [0.05, 0.1) is 17.9 Å². The van der Waals surface area contributed by atoms with Gasteiger partial charge in [-0.1, -0.05) is 34.6 Å². The molecule has 0 aliphatic heterocycles. The number of aliphatic hydroxyl groups is 1. The van der Waals surface area contributed by atoms with E-state index in [0.29, 0.717) is 32.4 Å². The van der Waals surface area contributed by atoms with Gasteiger partial charge in [0.25, 0.3) is 0 Å². The Hall–Kier alpha value is -1.81. The molecule has 2 aliphatic carbocycles. The summed E-state index contributed by atoms with van der Waals surface area (Å²) in [5.74, 6) is 4.21. The lowest BCUT2D eigenvalue weighted by Gasteiger charge is -2.37. The van der Waals surface area contributed by atoms with E-state index in [-0.39, 0.29) is 74.1 Å². The Morgan fingerprint density at radius 2 is 1.56 bits per heavy atom. The molecule has 2 rings (SSSR count). The van der Waals surface area contributed by atoms with Gasteiger partial charge in [0.1, 0.15) is 12.3 Å². The normalized spacial score (nSPS) is 27.0. The van der Waals surface area contributed by atoms with E-state index in [2.05, 4.69) is 22.0 Å². The molecule has 0 heterocycles. The van der Waals surface area contributed by atoms with Crippen LogP contribution < -0.4 is 10.1 Å². The predicted molar refractivity (Wildman–Crippen MR) is 174 cm³/mol. The summed E-state index contributed by atoms with van der Waals surface area (Å²) in [6.07, 6.45) is -0.452. The number of halogens is 2. The highest BCUT2D eigenvalue weighted by Gasteiger charge is 2.39. The van der Waals surface area contributed by atoms with Crippen LogP contribution in [0.2, 0.25) is 0 Å². The lowest BCUT2D eigenvalue weighted by atomic mass is 9.74. The summed E-state index contributed by atoms with van der Waals surface area (Å²) in [5.41, 5.74) is 0. The first kappa shape index (κ1) is 39.4. The summed E-state index contributed by atoms with van der Waals surface area (Å²) in [6, 6.07) is -0.868. The van der Waals surface area contributed by atoms with Crippen molar-refractivity contribution < 1.29 is 31.9 Å². The van der Waals surface area contributed by atoms with Crippen molar-refractivity contribution in [1.29, 1.82) is 0 Å². The van der Waals surface area contributed by atoms with Crippen molar-refractivity contribution in [2.24, 2.45) is 29.6 Å². The second kappa shape index (κ2) is 19.1. The second-order valence-electron chi connectivity index (χ2n) is 13.5. The summed E-state index contributed by atoms with van der Waals surface area (Å²) < 4.78 is 53.9. The molecule has 260 valence electrons. The number of rotatable bonds is 17. The first-order chi connectivity index (χ1) is 21.2. The Bertz CT molecular complexity index is 1080. The molecule has 7 atom stereocenters. The van der Waals surface area contributed by atoms with E-state index in [1.54, 1.807) is 27.7 Å². The molecule has 12 heteroatoms. The number of likely N-dealkylation sites (N-methyl/N-ethyl adjacent to an activating group) is 1. The lowest BCUT2D eigenvalue weighted by Crippen LogP contribution is -2.54. The van der Waals surface area contributed by atoms with Gasteiger partial charge < -0.3 is 15.3 Å². The first-order valence-corrected chi connectivity index (χ1v) is 18.6. The molecule has 2 amide bonds. The molecule has 3 N–H and O–H groups in total. The van der Waals surface area contributed by atoms with Crippen LogP contribution in [0.3, 0.4) is 0 Å². The summed E-state index contributed by atoms with van der Waals surface area (Å²) in [7, 11) is -3.66. The van der Waals surface area contributed by atoms with Gasteiger partial charge >= 0.3 is 0 Å². The number of sulfonamides is 1. The molecule has 0 saturated heterocycles. The monoisotopic (exact) mass is 660 g/mol. The van der Waals surface area contributed by atoms with E-state index in [1.165, 1.54) is 5.01 Å². The molecule has 7 unspecified atom stereocenters. The Morgan fingerprint density at radius 3 is 2.09 bits per heavy atom. The summed E-state index contributed by atoms with van der Waals surface area (Å²) in [5, 5.41) is 15.8. The number of hydrogen-bond donors (Lipinski definition) is 3. The fourth-order valence-electron chi connectivity index (χ4n) is 6.90. The molecule has 2 saturated carbocycles. The molecule has 0 aromatic rings. The number of nitrogens with one attached hydrogen (secondary N) is 2. The molecule has 0 bridgehead atoms. The fourth-order valence-corrected chi connectivity index (χ4v) is 8.45. The van der Waals surface area contributed by atoms with Crippen molar-refractivity contribution in [2.45, 2.75) is 124 Å². The first-order valence-electron chi connectivity index (χ1n) is 16.9. The number of amides is 2. The topological polar surface area (TPSA) is 119 Å². The standard InChI is InChI=1S/C33H58F2N4O5S/c1-7-11-24-14-26(19-27(15-24)33(42)38(12-8-2)13-9-3)32(41)36-30(18-25-16-28(34)20-29(35)17-25)31(40)21-39(10-4)37-45(43,44)22-23(5)6/h23-31,37,40H,8-10,12-22H2,1-6H3,(H,36,41). The van der Waals surface area contributed by atoms with Gasteiger partial charge in [-0.3, -0.25) is 9.59 Å². The van der Waals surface area contributed by atoms with Gasteiger partial charge in [0.2, 0.25) is 21.8 Å². The predicted octanol–water partition coefficient (Wildman–Crippen LogP) is 4.22. The minimum atomic E-state index is -3.66. The molecule has 2 fully saturated rings. The van der Waals surface area contributed by atoms with Crippen LogP contribution in [0.5, 0.6) is 0 Å². The van der Waals surface area contributed by atoms with Crippen molar-refractivity contribution in [3.63, 3.8) is 0 Å². The Morgan fingerprint density at radius 1 is 0.956 bits per heavy atom. The van der Waals surface area contributed by atoms with Crippen LogP contribution in [-0.2, 0) is 19.6 Å². The minimum absolute atomic E-state index is 0.0353. The van der Waals surface area contributed by atoms with Gasteiger partial charge in [-0.05, 0) is 70.1 Å². The van der Waals surface area contributed by atoms with E-state index >= 15 is 0 Å². The van der Waals surface area contributed by atoms with Crippen molar-refractivity contribution in [3.8, 4) is 11.8 Å². The van der Waals surface area contributed by atoms with Crippen LogP contribution in [0.1, 0.15) is 99.3 Å². The van der Waals surface area contributed by atoms with Crippen LogP contribution in [0.25, 0.3) is 0 Å². The number of aliphatic hydroxyl groups excluding tert-OH is 1. The van der Waals surface area contributed by atoms with Gasteiger partial charge in [-0.15, -0.1) is 16.7 Å². The zero-order valence-electron chi connectivity index (χ0n) is 28.2. The average molecular weight is 661 g/mol. The summed E-state index contributed by atoms with van der Waals surface area (Å²) >= 11 is 0. The Kier molecular flexibility index (Phi) is 16.7. The average Bonchev–Trinajstić information content (AvgIpc) is 2.94. The molecule has 45 heavy (non-hydrogen) atoms. The summed E-state index contributed by atoms with van der Waals surface area (Å²) in [4.78, 5) is 31.8. The van der Waals surface area contributed by atoms with Gasteiger partial charge in [0.15, 0.2) is 0 Å². The molecule has 0 spiro atoms.